The number of nitrogens with zero attached hydrogens (tertiary/aromatic N) is 2. The fourth-order valence-corrected chi connectivity index (χ4v) is 2.56. The van der Waals surface area contributed by atoms with Crippen molar-refractivity contribution in [1.82, 2.24) is 15.5 Å². The largest absolute Gasteiger partial charge is 0.454 e. The number of carbonyl (C=O) groups excluding carboxylic acids is 2. The number of hydrogen-bond donors (Lipinski definition) is 1. The van der Waals surface area contributed by atoms with E-state index in [4.69, 9.17) is 9.15 Å². The molecule has 1 unspecified atom stereocenters. The Labute approximate surface area is 166 Å². The highest BCUT2D eigenvalue weighted by Gasteiger charge is 2.26. The van der Waals surface area contributed by atoms with Crippen LogP contribution < -0.4 is 5.32 Å². The predicted octanol–water partition coefficient (Wildman–Crippen LogP) is 3.37. The van der Waals surface area contributed by atoms with Gasteiger partial charge in [0.1, 0.15) is 11.9 Å². The molecule has 0 spiro atoms. The zero-order valence-corrected chi connectivity index (χ0v) is 16.0. The van der Waals surface area contributed by atoms with E-state index in [1.165, 1.54) is 24.3 Å². The van der Waals surface area contributed by atoms with Gasteiger partial charge in [0.15, 0.2) is 6.61 Å². The summed E-state index contributed by atoms with van der Waals surface area (Å²) in [4.78, 5) is 24.8. The quantitative estimate of drug-likeness (QED) is 0.614. The minimum absolute atomic E-state index is 0.143. The summed E-state index contributed by atoms with van der Waals surface area (Å²) in [6, 6.07) is 13.4. The molecule has 0 aliphatic rings. The summed E-state index contributed by atoms with van der Waals surface area (Å²) in [6.45, 7) is 3.34. The molecule has 1 atom stereocenters. The van der Waals surface area contributed by atoms with Gasteiger partial charge in [0.05, 0.1) is 0 Å². The number of nitrogens with one attached hydrogen (secondary N) is 1. The average molecular weight is 397 g/mol. The molecule has 0 saturated heterocycles. The molecular formula is C21H20FN3O4. The van der Waals surface area contributed by atoms with Crippen molar-refractivity contribution in [3.05, 3.63) is 71.9 Å². The molecule has 29 heavy (non-hydrogen) atoms. The fourth-order valence-electron chi connectivity index (χ4n) is 2.56. The van der Waals surface area contributed by atoms with E-state index in [0.29, 0.717) is 5.89 Å². The van der Waals surface area contributed by atoms with Gasteiger partial charge in [-0.3, -0.25) is 4.79 Å². The number of halogens is 1. The van der Waals surface area contributed by atoms with Crippen LogP contribution in [-0.4, -0.2) is 28.1 Å². The molecule has 0 bridgehead atoms. The standard InChI is InChI=1S/C21H20FN3O4/c1-13(2)18(23-19(26)14-8-10-16(22)11-9-14)21(27)28-12-17-24-25-20(29-17)15-6-4-3-5-7-15/h3-11,13,18H,12H2,1-2H3,(H,23,26). The maximum Gasteiger partial charge on any atom is 0.329 e. The van der Waals surface area contributed by atoms with E-state index in [9.17, 15) is 14.0 Å². The molecule has 1 N–H and O–H groups in total. The highest BCUT2D eigenvalue weighted by atomic mass is 19.1. The second-order valence-electron chi connectivity index (χ2n) is 6.68. The summed E-state index contributed by atoms with van der Waals surface area (Å²) in [5.41, 5.74) is 0.999. The summed E-state index contributed by atoms with van der Waals surface area (Å²) in [5.74, 6) is -1.34. The van der Waals surface area contributed by atoms with Crippen molar-refractivity contribution in [2.45, 2.75) is 26.5 Å². The van der Waals surface area contributed by atoms with Crippen molar-refractivity contribution < 1.29 is 23.1 Å². The van der Waals surface area contributed by atoms with Gasteiger partial charge in [-0.1, -0.05) is 32.0 Å². The Hall–Kier alpha value is -3.55. The third-order valence-electron chi connectivity index (χ3n) is 4.14. The van der Waals surface area contributed by atoms with E-state index in [1.54, 1.807) is 13.8 Å². The Kier molecular flexibility index (Phi) is 6.33. The smallest absolute Gasteiger partial charge is 0.329 e. The first kappa shape index (κ1) is 20.2. The molecule has 3 rings (SSSR count). The van der Waals surface area contributed by atoms with Gasteiger partial charge >= 0.3 is 5.97 Å². The van der Waals surface area contributed by atoms with Gasteiger partial charge in [0, 0.05) is 11.1 Å². The minimum atomic E-state index is -0.885. The Morgan fingerprint density at radius 2 is 1.76 bits per heavy atom. The van der Waals surface area contributed by atoms with Gasteiger partial charge in [0.2, 0.25) is 5.89 Å². The van der Waals surface area contributed by atoms with E-state index in [0.717, 1.165) is 5.56 Å². The number of amides is 1. The van der Waals surface area contributed by atoms with Crippen LogP contribution in [0.1, 0.15) is 30.1 Å². The predicted molar refractivity (Wildman–Crippen MR) is 102 cm³/mol. The second-order valence-corrected chi connectivity index (χ2v) is 6.68. The first-order chi connectivity index (χ1) is 13.9. The summed E-state index contributed by atoms with van der Waals surface area (Å²) in [5, 5.41) is 10.4. The van der Waals surface area contributed by atoms with Gasteiger partial charge < -0.3 is 14.5 Å². The average Bonchev–Trinajstić information content (AvgIpc) is 3.20. The zero-order valence-electron chi connectivity index (χ0n) is 16.0. The van der Waals surface area contributed by atoms with E-state index in [2.05, 4.69) is 15.5 Å². The van der Waals surface area contributed by atoms with Gasteiger partial charge in [-0.25, -0.2) is 9.18 Å². The van der Waals surface area contributed by atoms with Crippen molar-refractivity contribution in [3.8, 4) is 11.5 Å². The minimum Gasteiger partial charge on any atom is -0.454 e. The van der Waals surface area contributed by atoms with Gasteiger partial charge in [-0.05, 0) is 42.3 Å². The van der Waals surface area contributed by atoms with Crippen molar-refractivity contribution >= 4 is 11.9 Å². The number of benzene rings is 2. The van der Waals surface area contributed by atoms with Crippen molar-refractivity contribution in [1.29, 1.82) is 0 Å². The molecule has 0 aliphatic carbocycles. The second kappa shape index (κ2) is 9.09. The lowest BCUT2D eigenvalue weighted by atomic mass is 10.0. The molecule has 0 radical (unpaired) electrons. The van der Waals surface area contributed by atoms with Crippen molar-refractivity contribution in [3.63, 3.8) is 0 Å². The van der Waals surface area contributed by atoms with Crippen molar-refractivity contribution in [2.75, 3.05) is 0 Å². The molecule has 0 fully saturated rings. The third kappa shape index (κ3) is 5.25. The molecule has 2 aromatic carbocycles. The first-order valence-corrected chi connectivity index (χ1v) is 9.05. The summed E-state index contributed by atoms with van der Waals surface area (Å²) in [7, 11) is 0. The van der Waals surface area contributed by atoms with Crippen LogP contribution in [0.5, 0.6) is 0 Å². The third-order valence-corrected chi connectivity index (χ3v) is 4.14. The van der Waals surface area contributed by atoms with Crippen LogP contribution in [0, 0.1) is 11.7 Å². The van der Waals surface area contributed by atoms with E-state index < -0.39 is 23.7 Å². The van der Waals surface area contributed by atoms with E-state index >= 15 is 0 Å². The highest BCUT2D eigenvalue weighted by molar-refractivity contribution is 5.96. The summed E-state index contributed by atoms with van der Waals surface area (Å²) >= 11 is 0. The monoisotopic (exact) mass is 397 g/mol. The number of aromatic nitrogens is 2. The van der Waals surface area contributed by atoms with Gasteiger partial charge in [-0.2, -0.15) is 0 Å². The van der Waals surface area contributed by atoms with Crippen LogP contribution in [0.15, 0.2) is 59.0 Å². The lowest BCUT2D eigenvalue weighted by Crippen LogP contribution is -2.45. The first-order valence-electron chi connectivity index (χ1n) is 9.05. The van der Waals surface area contributed by atoms with E-state index in [-0.39, 0.29) is 24.0 Å². The maximum atomic E-state index is 13.0. The normalized spacial score (nSPS) is 11.9. The zero-order chi connectivity index (χ0) is 20.8. The molecule has 0 aliphatic heterocycles. The Morgan fingerprint density at radius 3 is 2.41 bits per heavy atom. The van der Waals surface area contributed by atoms with Crippen LogP contribution >= 0.6 is 0 Å². The molecule has 3 aromatic rings. The fraction of sp³-hybridized carbons (Fsp3) is 0.238. The lowest BCUT2D eigenvalue weighted by Gasteiger charge is -2.20. The molecule has 1 heterocycles. The Balaban J connectivity index is 1.60. The molecule has 150 valence electrons. The summed E-state index contributed by atoms with van der Waals surface area (Å²) < 4.78 is 23.8. The van der Waals surface area contributed by atoms with Gasteiger partial charge in [0.25, 0.3) is 11.8 Å². The number of rotatable bonds is 7. The van der Waals surface area contributed by atoms with Crippen LogP contribution in [0.2, 0.25) is 0 Å². The SMILES string of the molecule is CC(C)C(NC(=O)c1ccc(F)cc1)C(=O)OCc1nnc(-c2ccccc2)o1. The van der Waals surface area contributed by atoms with Gasteiger partial charge in [-0.15, -0.1) is 10.2 Å². The molecule has 7 nitrogen and oxygen atoms in total. The topological polar surface area (TPSA) is 94.3 Å². The van der Waals surface area contributed by atoms with Crippen LogP contribution in [-0.2, 0) is 16.1 Å². The number of carbonyl (C=O) groups is 2. The number of esters is 1. The van der Waals surface area contributed by atoms with Crippen LogP contribution in [0.25, 0.3) is 11.5 Å². The number of ether oxygens (including phenoxy) is 1. The Morgan fingerprint density at radius 1 is 1.07 bits per heavy atom. The van der Waals surface area contributed by atoms with Crippen molar-refractivity contribution in [2.24, 2.45) is 5.92 Å². The maximum absolute atomic E-state index is 13.0. The number of hydrogen-bond acceptors (Lipinski definition) is 6. The molecular weight excluding hydrogens is 377 g/mol. The molecule has 1 amide bonds. The molecule has 0 saturated carbocycles. The summed E-state index contributed by atoms with van der Waals surface area (Å²) in [6.07, 6.45) is 0. The lowest BCUT2D eigenvalue weighted by molar-refractivity contribution is -0.149. The van der Waals surface area contributed by atoms with Crippen LogP contribution in [0.4, 0.5) is 4.39 Å². The highest BCUT2D eigenvalue weighted by Crippen LogP contribution is 2.17. The van der Waals surface area contributed by atoms with E-state index in [1.807, 2.05) is 30.3 Å². The van der Waals surface area contributed by atoms with Crippen LogP contribution in [0.3, 0.4) is 0 Å². The Bertz CT molecular complexity index is 971. The molecule has 1 aromatic heterocycles. The molecule has 8 heteroatoms.